The van der Waals surface area contributed by atoms with E-state index in [2.05, 4.69) is 10.3 Å². The quantitative estimate of drug-likeness (QED) is 0.538. The number of carbonyl (C=O) groups is 1. The van der Waals surface area contributed by atoms with Gasteiger partial charge in [-0.25, -0.2) is 13.6 Å². The first-order valence-electron chi connectivity index (χ1n) is 9.37. The molecule has 1 N–H and O–H groups in total. The largest absolute Gasteiger partial charge is 0.416 e. The molecule has 160 valence electrons. The fraction of sp³-hybridized carbons (Fsp3) is 0.182. The predicted molar refractivity (Wildman–Crippen MR) is 103 cm³/mol. The first-order chi connectivity index (χ1) is 14.7. The lowest BCUT2D eigenvalue weighted by atomic mass is 9.92. The Morgan fingerprint density at radius 2 is 1.77 bits per heavy atom. The molecule has 0 radical (unpaired) electrons. The van der Waals surface area contributed by atoms with Crippen molar-refractivity contribution >= 4 is 11.7 Å². The number of carbonyl (C=O) groups excluding carboxylic acids is 1. The monoisotopic (exact) mass is 433 g/mol. The molecule has 1 aliphatic rings. The number of alkyl halides is 3. The van der Waals surface area contributed by atoms with Crippen LogP contribution in [0.4, 0.5) is 32.4 Å². The van der Waals surface area contributed by atoms with Gasteiger partial charge in [0.2, 0.25) is 0 Å². The third-order valence-electron chi connectivity index (χ3n) is 5.10. The number of hydrogen-bond acceptors (Lipinski definition) is 2. The number of rotatable bonds is 2. The summed E-state index contributed by atoms with van der Waals surface area (Å²) in [6, 6.07) is 9.77. The number of nitrogens with zero attached hydrogens (tertiary/aromatic N) is 2. The minimum absolute atomic E-state index is 0.0573. The lowest BCUT2D eigenvalue weighted by Gasteiger charge is -2.36. The Labute approximate surface area is 174 Å². The number of benzene rings is 2. The van der Waals surface area contributed by atoms with Crippen molar-refractivity contribution in [3.63, 3.8) is 0 Å². The van der Waals surface area contributed by atoms with Crippen molar-refractivity contribution in [3.05, 3.63) is 94.8 Å². The summed E-state index contributed by atoms with van der Waals surface area (Å²) in [5.74, 6) is -2.15. The van der Waals surface area contributed by atoms with Gasteiger partial charge in [0.25, 0.3) is 0 Å². The molecular weight excluding hydrogens is 417 g/mol. The fourth-order valence-electron chi connectivity index (χ4n) is 3.61. The van der Waals surface area contributed by atoms with Crippen LogP contribution in [0.5, 0.6) is 0 Å². The Morgan fingerprint density at radius 3 is 2.45 bits per heavy atom. The van der Waals surface area contributed by atoms with Gasteiger partial charge in [0.15, 0.2) is 11.6 Å². The van der Waals surface area contributed by atoms with E-state index in [1.165, 1.54) is 23.1 Å². The van der Waals surface area contributed by atoms with E-state index in [-0.39, 0.29) is 12.2 Å². The van der Waals surface area contributed by atoms with Crippen molar-refractivity contribution in [3.8, 4) is 0 Å². The summed E-state index contributed by atoms with van der Waals surface area (Å²) < 4.78 is 65.6. The Morgan fingerprint density at radius 1 is 1.03 bits per heavy atom. The first kappa shape index (κ1) is 20.8. The van der Waals surface area contributed by atoms with Crippen LogP contribution in [0.3, 0.4) is 0 Å². The van der Waals surface area contributed by atoms with Crippen molar-refractivity contribution in [2.45, 2.75) is 18.6 Å². The number of fused-ring (bicyclic) bond motifs is 1. The second-order valence-corrected chi connectivity index (χ2v) is 7.07. The third-order valence-corrected chi connectivity index (χ3v) is 5.10. The lowest BCUT2D eigenvalue weighted by molar-refractivity contribution is -0.137. The van der Waals surface area contributed by atoms with E-state index < -0.39 is 35.4 Å². The van der Waals surface area contributed by atoms with Crippen molar-refractivity contribution < 1.29 is 26.7 Å². The highest BCUT2D eigenvalue weighted by atomic mass is 19.4. The number of aromatic nitrogens is 1. The zero-order valence-corrected chi connectivity index (χ0v) is 16.0. The summed E-state index contributed by atoms with van der Waals surface area (Å²) in [6.45, 7) is 0.264. The van der Waals surface area contributed by atoms with Crippen molar-refractivity contribution in [1.82, 2.24) is 9.88 Å². The molecule has 1 atom stereocenters. The molecular formula is C22H16F5N3O. The molecule has 0 bridgehead atoms. The minimum Gasteiger partial charge on any atom is -0.311 e. The maximum atomic E-state index is 13.5. The molecule has 9 heteroatoms. The highest BCUT2D eigenvalue weighted by Gasteiger charge is 2.35. The molecule has 0 aliphatic carbocycles. The molecule has 4 rings (SSSR count). The minimum atomic E-state index is -4.48. The molecule has 2 aromatic carbocycles. The summed E-state index contributed by atoms with van der Waals surface area (Å²) in [6.07, 6.45) is -2.44. The number of nitrogens with one attached hydrogen (secondary N) is 1. The Bertz CT molecular complexity index is 1110. The molecule has 1 aromatic heterocycles. The maximum absolute atomic E-state index is 13.5. The van der Waals surface area contributed by atoms with E-state index in [4.69, 9.17) is 0 Å². The van der Waals surface area contributed by atoms with E-state index in [9.17, 15) is 26.7 Å². The van der Waals surface area contributed by atoms with Crippen molar-refractivity contribution in [2.75, 3.05) is 11.9 Å². The van der Waals surface area contributed by atoms with Gasteiger partial charge in [-0.05, 0) is 47.9 Å². The lowest BCUT2D eigenvalue weighted by Crippen LogP contribution is -2.43. The fourth-order valence-corrected chi connectivity index (χ4v) is 3.61. The molecule has 3 aromatic rings. The number of halogens is 5. The highest BCUT2D eigenvalue weighted by molar-refractivity contribution is 5.90. The standard InChI is InChI=1S/C22H16F5N3O/c23-17-8-7-16(12-18(17)24)29-21(31)30-11-9-13-2-1-10-28-19(13)20(30)14-3-5-15(6-4-14)22(25,26)27/h1-8,10,12,20H,9,11H2,(H,29,31)/t20-/m1/s1. The SMILES string of the molecule is O=C(Nc1ccc(F)c(F)c1)N1CCc2cccnc2[C@H]1c1ccc(C(F)(F)F)cc1. The summed E-state index contributed by atoms with van der Waals surface area (Å²) in [5, 5.41) is 2.52. The average molecular weight is 433 g/mol. The Balaban J connectivity index is 1.69. The summed E-state index contributed by atoms with van der Waals surface area (Å²) in [4.78, 5) is 18.8. The summed E-state index contributed by atoms with van der Waals surface area (Å²) >= 11 is 0. The van der Waals surface area contributed by atoms with Crippen LogP contribution in [0.15, 0.2) is 60.8 Å². The van der Waals surface area contributed by atoms with Gasteiger partial charge in [-0.2, -0.15) is 13.2 Å². The molecule has 4 nitrogen and oxygen atoms in total. The van der Waals surface area contributed by atoms with Gasteiger partial charge in [0, 0.05) is 24.5 Å². The van der Waals surface area contributed by atoms with Gasteiger partial charge in [-0.15, -0.1) is 0 Å². The molecule has 0 saturated carbocycles. The number of hydrogen-bond donors (Lipinski definition) is 1. The molecule has 0 spiro atoms. The molecule has 0 unspecified atom stereocenters. The Kier molecular flexibility index (Phi) is 5.34. The van der Waals surface area contributed by atoms with Gasteiger partial charge in [-0.3, -0.25) is 4.98 Å². The van der Waals surface area contributed by atoms with Crippen LogP contribution >= 0.6 is 0 Å². The molecule has 0 saturated heterocycles. The number of pyridine rings is 1. The van der Waals surface area contributed by atoms with Crippen LogP contribution in [-0.2, 0) is 12.6 Å². The second kappa shape index (κ2) is 7.98. The zero-order valence-electron chi connectivity index (χ0n) is 16.0. The van der Waals surface area contributed by atoms with Crippen molar-refractivity contribution in [1.29, 1.82) is 0 Å². The smallest absolute Gasteiger partial charge is 0.311 e. The van der Waals surface area contributed by atoms with Crippen LogP contribution in [0, 0.1) is 11.6 Å². The van der Waals surface area contributed by atoms with Crippen molar-refractivity contribution in [2.24, 2.45) is 0 Å². The highest BCUT2D eigenvalue weighted by Crippen LogP contribution is 2.36. The second-order valence-electron chi connectivity index (χ2n) is 7.07. The van der Waals surface area contributed by atoms with Crippen LogP contribution in [0.2, 0.25) is 0 Å². The number of urea groups is 1. The normalized spacial score (nSPS) is 16.0. The summed E-state index contributed by atoms with van der Waals surface area (Å²) in [7, 11) is 0. The van der Waals surface area contributed by atoms with E-state index >= 15 is 0 Å². The average Bonchev–Trinajstić information content (AvgIpc) is 2.75. The van der Waals surface area contributed by atoms with Gasteiger partial charge < -0.3 is 10.2 Å². The van der Waals surface area contributed by atoms with E-state index in [0.717, 1.165) is 29.8 Å². The van der Waals surface area contributed by atoms with Crippen LogP contribution in [0.1, 0.15) is 28.4 Å². The third kappa shape index (κ3) is 4.21. The molecule has 2 amide bonds. The van der Waals surface area contributed by atoms with E-state index in [0.29, 0.717) is 17.7 Å². The van der Waals surface area contributed by atoms with Gasteiger partial charge in [-0.1, -0.05) is 18.2 Å². The predicted octanol–water partition coefficient (Wildman–Crippen LogP) is 5.56. The molecule has 1 aliphatic heterocycles. The van der Waals surface area contributed by atoms with Gasteiger partial charge in [0.1, 0.15) is 6.04 Å². The zero-order chi connectivity index (χ0) is 22.2. The van der Waals surface area contributed by atoms with Crippen LogP contribution in [-0.4, -0.2) is 22.5 Å². The molecule has 2 heterocycles. The van der Waals surface area contributed by atoms with E-state index in [1.54, 1.807) is 12.3 Å². The van der Waals surface area contributed by atoms with E-state index in [1.807, 2.05) is 6.07 Å². The van der Waals surface area contributed by atoms with Gasteiger partial charge >= 0.3 is 12.2 Å². The van der Waals surface area contributed by atoms with Crippen LogP contribution < -0.4 is 5.32 Å². The summed E-state index contributed by atoms with van der Waals surface area (Å²) in [5.41, 5.74) is 1.14. The number of amides is 2. The van der Waals surface area contributed by atoms with Crippen LogP contribution in [0.25, 0.3) is 0 Å². The Hall–Kier alpha value is -3.49. The number of anilines is 1. The topological polar surface area (TPSA) is 45.2 Å². The van der Waals surface area contributed by atoms with Gasteiger partial charge in [0.05, 0.1) is 11.3 Å². The first-order valence-corrected chi connectivity index (χ1v) is 9.37. The molecule has 0 fully saturated rings. The molecule has 31 heavy (non-hydrogen) atoms. The maximum Gasteiger partial charge on any atom is 0.416 e.